The molecular weight excluding hydrogens is 244 g/mol. The maximum Gasteiger partial charge on any atom is 0.335 e. The van der Waals surface area contributed by atoms with Crippen molar-refractivity contribution in [3.8, 4) is 5.75 Å². The Hall–Kier alpha value is -1.55. The van der Waals surface area contributed by atoms with Gasteiger partial charge in [-0.1, -0.05) is 12.1 Å². The van der Waals surface area contributed by atoms with E-state index in [0.29, 0.717) is 25.4 Å². The van der Waals surface area contributed by atoms with Crippen molar-refractivity contribution in [1.82, 2.24) is 0 Å². The summed E-state index contributed by atoms with van der Waals surface area (Å²) in [5, 5.41) is 9.74. The molecule has 1 N–H and O–H groups in total. The summed E-state index contributed by atoms with van der Waals surface area (Å²) < 4.78 is 10.4. The number of phenols is 1. The summed E-state index contributed by atoms with van der Waals surface area (Å²) >= 11 is 0. The van der Waals surface area contributed by atoms with Crippen LogP contribution >= 0.6 is 0 Å². The second-order valence-corrected chi connectivity index (χ2v) is 4.48. The molecule has 1 atom stereocenters. The van der Waals surface area contributed by atoms with Gasteiger partial charge in [0.05, 0.1) is 6.61 Å². The van der Waals surface area contributed by atoms with E-state index in [2.05, 4.69) is 0 Å². The lowest BCUT2D eigenvalue weighted by molar-refractivity contribution is -0.156. The topological polar surface area (TPSA) is 55.8 Å². The molecule has 0 amide bonds. The molecule has 19 heavy (non-hydrogen) atoms. The highest BCUT2D eigenvalue weighted by atomic mass is 16.6. The molecule has 0 heterocycles. The number of esters is 1. The van der Waals surface area contributed by atoms with E-state index in [1.165, 1.54) is 0 Å². The minimum atomic E-state index is -0.590. The van der Waals surface area contributed by atoms with E-state index in [9.17, 15) is 9.90 Å². The van der Waals surface area contributed by atoms with Crippen molar-refractivity contribution in [1.29, 1.82) is 0 Å². The lowest BCUT2D eigenvalue weighted by Gasteiger charge is -2.16. The molecule has 106 valence electrons. The monoisotopic (exact) mass is 266 g/mol. The van der Waals surface area contributed by atoms with E-state index in [-0.39, 0.29) is 5.97 Å². The van der Waals surface area contributed by atoms with Crippen LogP contribution in [-0.2, 0) is 20.7 Å². The lowest BCUT2D eigenvalue weighted by Crippen LogP contribution is -2.29. The molecule has 1 aromatic carbocycles. The maximum atomic E-state index is 11.8. The molecule has 0 aliphatic heterocycles. The molecule has 1 unspecified atom stereocenters. The smallest absolute Gasteiger partial charge is 0.335 e. The van der Waals surface area contributed by atoms with Crippen LogP contribution in [0, 0.1) is 13.8 Å². The highest BCUT2D eigenvalue weighted by Crippen LogP contribution is 2.24. The molecule has 4 nitrogen and oxygen atoms in total. The average molecular weight is 266 g/mol. The van der Waals surface area contributed by atoms with Gasteiger partial charge in [-0.25, -0.2) is 4.79 Å². The summed E-state index contributed by atoms with van der Waals surface area (Å²) in [6.45, 7) is 8.10. The SMILES string of the molecule is CCOC(=O)C(Cc1cc(C)c(O)c(C)c1)OCC. The zero-order valence-electron chi connectivity index (χ0n) is 12.0. The molecule has 0 fully saturated rings. The maximum absolute atomic E-state index is 11.8. The average Bonchev–Trinajstić information content (AvgIpc) is 2.35. The third kappa shape index (κ3) is 4.24. The van der Waals surface area contributed by atoms with Crippen LogP contribution in [0.3, 0.4) is 0 Å². The van der Waals surface area contributed by atoms with Gasteiger partial charge in [0.25, 0.3) is 0 Å². The van der Waals surface area contributed by atoms with E-state index < -0.39 is 6.10 Å². The summed E-state index contributed by atoms with van der Waals surface area (Å²) in [7, 11) is 0. The third-order valence-electron chi connectivity index (χ3n) is 2.89. The van der Waals surface area contributed by atoms with Crippen molar-refractivity contribution >= 4 is 5.97 Å². The molecule has 0 bridgehead atoms. The molecule has 0 aliphatic carbocycles. The number of benzene rings is 1. The van der Waals surface area contributed by atoms with Gasteiger partial charge in [-0.05, 0) is 44.4 Å². The second kappa shape index (κ2) is 7.14. The number of carbonyl (C=O) groups excluding carboxylic acids is 1. The highest BCUT2D eigenvalue weighted by Gasteiger charge is 2.21. The predicted octanol–water partition coefficient (Wildman–Crippen LogP) is 2.52. The Morgan fingerprint density at radius 3 is 2.26 bits per heavy atom. The van der Waals surface area contributed by atoms with Gasteiger partial charge in [0.1, 0.15) is 5.75 Å². The van der Waals surface area contributed by atoms with E-state index >= 15 is 0 Å². The fraction of sp³-hybridized carbons (Fsp3) is 0.533. The Balaban J connectivity index is 2.87. The molecule has 0 saturated carbocycles. The lowest BCUT2D eigenvalue weighted by atomic mass is 10.0. The number of hydrogen-bond donors (Lipinski definition) is 1. The van der Waals surface area contributed by atoms with Crippen molar-refractivity contribution in [2.24, 2.45) is 0 Å². The zero-order valence-corrected chi connectivity index (χ0v) is 12.0. The summed E-state index contributed by atoms with van der Waals surface area (Å²) in [5.41, 5.74) is 2.56. The molecule has 0 aliphatic rings. The van der Waals surface area contributed by atoms with Crippen LogP contribution < -0.4 is 0 Å². The first-order valence-electron chi connectivity index (χ1n) is 6.56. The summed E-state index contributed by atoms with van der Waals surface area (Å²) in [4.78, 5) is 11.8. The van der Waals surface area contributed by atoms with Crippen molar-refractivity contribution in [3.05, 3.63) is 28.8 Å². The highest BCUT2D eigenvalue weighted by molar-refractivity contribution is 5.75. The Morgan fingerprint density at radius 2 is 1.79 bits per heavy atom. The van der Waals surface area contributed by atoms with E-state index in [4.69, 9.17) is 9.47 Å². The van der Waals surface area contributed by atoms with Crippen LogP contribution in [0.25, 0.3) is 0 Å². The Labute approximate surface area is 114 Å². The van der Waals surface area contributed by atoms with Crippen molar-refractivity contribution in [2.75, 3.05) is 13.2 Å². The number of ether oxygens (including phenoxy) is 2. The fourth-order valence-corrected chi connectivity index (χ4v) is 2.02. The van der Waals surface area contributed by atoms with E-state index in [1.54, 1.807) is 6.92 Å². The minimum Gasteiger partial charge on any atom is -0.507 e. The van der Waals surface area contributed by atoms with Gasteiger partial charge in [-0.15, -0.1) is 0 Å². The van der Waals surface area contributed by atoms with E-state index in [0.717, 1.165) is 16.7 Å². The van der Waals surface area contributed by atoms with Crippen LogP contribution in [0.5, 0.6) is 5.75 Å². The first-order chi connectivity index (χ1) is 8.99. The predicted molar refractivity (Wildman–Crippen MR) is 73.3 cm³/mol. The Morgan fingerprint density at radius 1 is 1.21 bits per heavy atom. The Kier molecular flexibility index (Phi) is 5.83. The zero-order chi connectivity index (χ0) is 14.4. The summed E-state index contributed by atoms with van der Waals surface area (Å²) in [6, 6.07) is 3.74. The molecule has 1 aromatic rings. The Bertz CT molecular complexity index is 417. The van der Waals surface area contributed by atoms with Gasteiger partial charge in [0.15, 0.2) is 6.10 Å². The summed E-state index contributed by atoms with van der Waals surface area (Å²) in [5.74, 6) is -0.0411. The minimum absolute atomic E-state index is 0.299. The van der Waals surface area contributed by atoms with Gasteiger partial charge in [0.2, 0.25) is 0 Å². The number of aryl methyl sites for hydroxylation is 2. The number of rotatable bonds is 6. The van der Waals surface area contributed by atoms with Crippen molar-refractivity contribution in [3.63, 3.8) is 0 Å². The van der Waals surface area contributed by atoms with Gasteiger partial charge in [-0.3, -0.25) is 0 Å². The number of aromatic hydroxyl groups is 1. The normalized spacial score (nSPS) is 12.2. The van der Waals surface area contributed by atoms with Crippen LogP contribution in [0.15, 0.2) is 12.1 Å². The second-order valence-electron chi connectivity index (χ2n) is 4.48. The quantitative estimate of drug-likeness (QED) is 0.804. The van der Waals surface area contributed by atoms with Crippen molar-refractivity contribution < 1.29 is 19.4 Å². The number of phenolic OH excluding ortho intramolecular Hbond substituents is 1. The van der Waals surface area contributed by atoms with E-state index in [1.807, 2.05) is 32.9 Å². The number of hydrogen-bond acceptors (Lipinski definition) is 4. The van der Waals surface area contributed by atoms with Gasteiger partial charge in [0, 0.05) is 13.0 Å². The van der Waals surface area contributed by atoms with Crippen LogP contribution in [-0.4, -0.2) is 30.4 Å². The molecule has 4 heteroatoms. The van der Waals surface area contributed by atoms with Crippen molar-refractivity contribution in [2.45, 2.75) is 40.2 Å². The van der Waals surface area contributed by atoms with Gasteiger partial charge < -0.3 is 14.6 Å². The van der Waals surface area contributed by atoms with Gasteiger partial charge >= 0.3 is 5.97 Å². The van der Waals surface area contributed by atoms with Gasteiger partial charge in [-0.2, -0.15) is 0 Å². The largest absolute Gasteiger partial charge is 0.507 e. The fourth-order valence-electron chi connectivity index (χ4n) is 2.02. The standard InChI is InChI=1S/C15H22O4/c1-5-18-13(15(17)19-6-2)9-12-7-10(3)14(16)11(4)8-12/h7-8,13,16H,5-6,9H2,1-4H3. The molecule has 0 saturated heterocycles. The molecule has 0 aromatic heterocycles. The summed E-state index contributed by atoms with van der Waals surface area (Å²) in [6.07, 6.45) is -0.137. The molecule has 1 rings (SSSR count). The van der Waals surface area contributed by atoms with Crippen LogP contribution in [0.2, 0.25) is 0 Å². The van der Waals surface area contributed by atoms with Crippen LogP contribution in [0.4, 0.5) is 0 Å². The van der Waals surface area contributed by atoms with Crippen LogP contribution in [0.1, 0.15) is 30.5 Å². The first-order valence-corrected chi connectivity index (χ1v) is 6.56. The third-order valence-corrected chi connectivity index (χ3v) is 2.89. The molecule has 0 spiro atoms. The number of carbonyl (C=O) groups is 1. The molecule has 0 radical (unpaired) electrons. The first kappa shape index (κ1) is 15.5. The molecular formula is C15H22O4.